The van der Waals surface area contributed by atoms with Crippen LogP contribution in [0.2, 0.25) is 0 Å². The summed E-state index contributed by atoms with van der Waals surface area (Å²) in [4.78, 5) is 28.9. The summed E-state index contributed by atoms with van der Waals surface area (Å²) in [6.45, 7) is -0.231. The van der Waals surface area contributed by atoms with Crippen molar-refractivity contribution in [3.05, 3.63) is 94.8 Å². The summed E-state index contributed by atoms with van der Waals surface area (Å²) in [5.41, 5.74) is 6.70. The van der Waals surface area contributed by atoms with Crippen molar-refractivity contribution in [1.82, 2.24) is 9.66 Å². The fourth-order valence-corrected chi connectivity index (χ4v) is 3.45. The van der Waals surface area contributed by atoms with E-state index >= 15 is 0 Å². The summed E-state index contributed by atoms with van der Waals surface area (Å²) in [5.74, 6) is 0.597. The van der Waals surface area contributed by atoms with Crippen LogP contribution in [0.1, 0.15) is 5.56 Å². The first-order valence-electron chi connectivity index (χ1n) is 10.1. The zero-order valence-electron chi connectivity index (χ0n) is 17.3. The van der Waals surface area contributed by atoms with E-state index in [0.717, 1.165) is 5.39 Å². The monoisotopic (exact) mass is 438 g/mol. The van der Waals surface area contributed by atoms with Gasteiger partial charge in [0.1, 0.15) is 11.3 Å². The van der Waals surface area contributed by atoms with Gasteiger partial charge in [-0.3, -0.25) is 9.59 Å². The Morgan fingerprint density at radius 2 is 1.88 bits per heavy atom. The summed E-state index contributed by atoms with van der Waals surface area (Å²) in [7, 11) is 0. The normalized spacial score (nSPS) is 11.4. The molecule has 0 spiro atoms. The fourth-order valence-electron chi connectivity index (χ4n) is 3.45. The molecule has 2 N–H and O–H groups in total. The standard InChI is InChI=1S/C25H18N4O4/c26-23(30)15-32-18-8-5-6-16(12-18)14-27-29-24(22-13-17-7-1-4-11-21(17)33-22)28-20-10-3-2-9-19(20)25(29)31/h1-14H,15H2,(H2,26,30). The number of carbonyl (C=O) groups is 1. The molecule has 3 aromatic carbocycles. The predicted octanol–water partition coefficient (Wildman–Crippen LogP) is 3.56. The third-order valence-corrected chi connectivity index (χ3v) is 4.96. The van der Waals surface area contributed by atoms with Crippen molar-refractivity contribution >= 4 is 34.0 Å². The van der Waals surface area contributed by atoms with Crippen LogP contribution >= 0.6 is 0 Å². The number of rotatable bonds is 6. The maximum Gasteiger partial charge on any atom is 0.282 e. The van der Waals surface area contributed by atoms with Gasteiger partial charge < -0.3 is 14.9 Å². The Bertz CT molecular complexity index is 1550. The van der Waals surface area contributed by atoms with Crippen molar-refractivity contribution in [2.45, 2.75) is 0 Å². The van der Waals surface area contributed by atoms with Gasteiger partial charge in [-0.1, -0.05) is 42.5 Å². The minimum absolute atomic E-state index is 0.231. The Kier molecular flexibility index (Phi) is 5.16. The van der Waals surface area contributed by atoms with Gasteiger partial charge in [-0.25, -0.2) is 4.98 Å². The highest BCUT2D eigenvalue weighted by atomic mass is 16.5. The highest BCUT2D eigenvalue weighted by molar-refractivity contribution is 5.85. The Morgan fingerprint density at radius 1 is 1.06 bits per heavy atom. The first kappa shape index (κ1) is 20.2. The van der Waals surface area contributed by atoms with Crippen LogP contribution in [-0.4, -0.2) is 28.4 Å². The highest BCUT2D eigenvalue weighted by Gasteiger charge is 2.16. The number of carbonyl (C=O) groups excluding carboxylic acids is 1. The van der Waals surface area contributed by atoms with Crippen LogP contribution in [0.4, 0.5) is 0 Å². The van der Waals surface area contributed by atoms with Crippen LogP contribution in [0, 0.1) is 0 Å². The van der Waals surface area contributed by atoms with Crippen molar-refractivity contribution in [2.75, 3.05) is 6.61 Å². The number of para-hydroxylation sites is 2. The quantitative estimate of drug-likeness (QED) is 0.407. The van der Waals surface area contributed by atoms with Crippen molar-refractivity contribution in [3.8, 4) is 17.3 Å². The molecule has 0 bridgehead atoms. The van der Waals surface area contributed by atoms with Crippen LogP contribution in [0.25, 0.3) is 33.5 Å². The number of hydrogen-bond acceptors (Lipinski definition) is 6. The Labute approximate surface area is 187 Å². The molecule has 162 valence electrons. The minimum atomic E-state index is -0.571. The van der Waals surface area contributed by atoms with Crippen LogP contribution in [0.5, 0.6) is 5.75 Å². The molecule has 2 heterocycles. The number of amides is 1. The Morgan fingerprint density at radius 3 is 2.73 bits per heavy atom. The molecule has 8 nitrogen and oxygen atoms in total. The number of hydrogen-bond donors (Lipinski definition) is 1. The van der Waals surface area contributed by atoms with E-state index in [9.17, 15) is 9.59 Å². The first-order valence-corrected chi connectivity index (χ1v) is 10.1. The Balaban J connectivity index is 1.62. The average molecular weight is 438 g/mol. The van der Waals surface area contributed by atoms with Crippen molar-refractivity contribution in [2.24, 2.45) is 10.8 Å². The number of ether oxygens (including phenoxy) is 1. The molecule has 8 heteroatoms. The number of nitrogens with two attached hydrogens (primary N) is 1. The van der Waals surface area contributed by atoms with Crippen molar-refractivity contribution < 1.29 is 13.9 Å². The van der Waals surface area contributed by atoms with E-state index in [4.69, 9.17) is 14.9 Å². The van der Waals surface area contributed by atoms with Crippen LogP contribution < -0.4 is 16.0 Å². The zero-order valence-corrected chi connectivity index (χ0v) is 17.3. The molecule has 5 aromatic rings. The van der Waals surface area contributed by atoms with Gasteiger partial charge in [0.15, 0.2) is 12.4 Å². The van der Waals surface area contributed by atoms with E-state index in [-0.39, 0.29) is 18.0 Å². The lowest BCUT2D eigenvalue weighted by Crippen LogP contribution is -2.20. The smallest absolute Gasteiger partial charge is 0.282 e. The summed E-state index contributed by atoms with van der Waals surface area (Å²) in [6, 6.07) is 23.4. The molecule has 0 fully saturated rings. The summed E-state index contributed by atoms with van der Waals surface area (Å²) < 4.78 is 12.5. The lowest BCUT2D eigenvalue weighted by Gasteiger charge is -2.07. The Hall–Kier alpha value is -4.72. The van der Waals surface area contributed by atoms with E-state index in [1.807, 2.05) is 36.4 Å². The third kappa shape index (κ3) is 4.09. The summed E-state index contributed by atoms with van der Waals surface area (Å²) in [6.07, 6.45) is 1.52. The number of primary amides is 1. The molecule has 5 rings (SSSR count). The van der Waals surface area contributed by atoms with Crippen molar-refractivity contribution in [3.63, 3.8) is 0 Å². The van der Waals surface area contributed by atoms with E-state index in [0.29, 0.717) is 33.6 Å². The van der Waals surface area contributed by atoms with Crippen LogP contribution in [0.15, 0.2) is 93.2 Å². The zero-order chi connectivity index (χ0) is 22.8. The van der Waals surface area contributed by atoms with Gasteiger partial charge in [0.05, 0.1) is 17.1 Å². The molecule has 0 saturated heterocycles. The van der Waals surface area contributed by atoms with Crippen LogP contribution in [-0.2, 0) is 4.79 Å². The summed E-state index contributed by atoms with van der Waals surface area (Å²) >= 11 is 0. The van der Waals surface area contributed by atoms with Gasteiger partial charge in [0.2, 0.25) is 5.82 Å². The molecule has 0 atom stereocenters. The van der Waals surface area contributed by atoms with Gasteiger partial charge in [-0.2, -0.15) is 9.78 Å². The second-order valence-corrected chi connectivity index (χ2v) is 7.29. The van der Waals surface area contributed by atoms with Gasteiger partial charge in [-0.05, 0) is 42.0 Å². The first-order chi connectivity index (χ1) is 16.1. The average Bonchev–Trinajstić information content (AvgIpc) is 3.26. The SMILES string of the molecule is NC(=O)COc1cccc(C=Nn2c(-c3cc4ccccc4o3)nc3ccccc3c2=O)c1. The second-order valence-electron chi connectivity index (χ2n) is 7.29. The molecule has 0 radical (unpaired) electrons. The second kappa shape index (κ2) is 8.43. The number of furan rings is 1. The van der Waals surface area contributed by atoms with E-state index in [1.165, 1.54) is 10.9 Å². The number of nitrogens with zero attached hydrogens (tertiary/aromatic N) is 3. The molecule has 0 aliphatic carbocycles. The van der Waals surface area contributed by atoms with Gasteiger partial charge in [-0.15, -0.1) is 0 Å². The van der Waals surface area contributed by atoms with Crippen LogP contribution in [0.3, 0.4) is 0 Å². The van der Waals surface area contributed by atoms with Crippen molar-refractivity contribution in [1.29, 1.82) is 0 Å². The van der Waals surface area contributed by atoms with E-state index in [2.05, 4.69) is 10.1 Å². The van der Waals surface area contributed by atoms with Gasteiger partial charge in [0.25, 0.3) is 11.5 Å². The highest BCUT2D eigenvalue weighted by Crippen LogP contribution is 2.27. The molecule has 0 unspecified atom stereocenters. The molecular formula is C25H18N4O4. The molecule has 2 aromatic heterocycles. The fraction of sp³-hybridized carbons (Fsp3) is 0.0400. The maximum absolute atomic E-state index is 13.3. The number of fused-ring (bicyclic) bond motifs is 2. The molecule has 0 aliphatic rings. The molecular weight excluding hydrogens is 420 g/mol. The molecule has 0 aliphatic heterocycles. The molecule has 1 amide bonds. The maximum atomic E-state index is 13.3. The summed E-state index contributed by atoms with van der Waals surface area (Å²) in [5, 5.41) is 5.75. The lowest BCUT2D eigenvalue weighted by atomic mass is 10.2. The molecule has 33 heavy (non-hydrogen) atoms. The number of aromatic nitrogens is 2. The predicted molar refractivity (Wildman–Crippen MR) is 125 cm³/mol. The van der Waals surface area contributed by atoms with Gasteiger partial charge >= 0.3 is 0 Å². The third-order valence-electron chi connectivity index (χ3n) is 4.96. The largest absolute Gasteiger partial charge is 0.484 e. The lowest BCUT2D eigenvalue weighted by molar-refractivity contribution is -0.119. The number of benzene rings is 3. The minimum Gasteiger partial charge on any atom is -0.484 e. The molecule has 0 saturated carbocycles. The van der Waals surface area contributed by atoms with E-state index < -0.39 is 5.91 Å². The van der Waals surface area contributed by atoms with Gasteiger partial charge in [0, 0.05) is 5.39 Å². The topological polar surface area (TPSA) is 113 Å². The van der Waals surface area contributed by atoms with E-state index in [1.54, 1.807) is 42.5 Å².